The third kappa shape index (κ3) is 7.81. The number of aryl methyl sites for hydroxylation is 2. The maximum absolute atomic E-state index is 13.9. The van der Waals surface area contributed by atoms with Crippen molar-refractivity contribution in [2.45, 2.75) is 65.1 Å². The van der Waals surface area contributed by atoms with Crippen molar-refractivity contribution in [3.05, 3.63) is 77.4 Å². The fraction of sp³-hybridized carbons (Fsp3) is 0.355. The number of amides is 4. The van der Waals surface area contributed by atoms with E-state index in [9.17, 15) is 19.2 Å². The Morgan fingerprint density at radius 1 is 0.925 bits per heavy atom. The van der Waals surface area contributed by atoms with Crippen LogP contribution in [0.4, 0.5) is 10.5 Å². The summed E-state index contributed by atoms with van der Waals surface area (Å²) in [6.45, 7) is 8.86. The van der Waals surface area contributed by atoms with Crippen LogP contribution in [0.5, 0.6) is 0 Å². The smallest absolute Gasteiger partial charge is 0.408 e. The van der Waals surface area contributed by atoms with Crippen LogP contribution in [-0.2, 0) is 19.1 Å². The van der Waals surface area contributed by atoms with Crippen LogP contribution in [0.15, 0.2) is 60.7 Å². The number of hydrogen-bond acceptors (Lipinski definition) is 5. The number of ether oxygens (including phenoxy) is 1. The molecular weight excluding hydrogens is 508 g/mol. The molecule has 0 saturated heterocycles. The van der Waals surface area contributed by atoms with Gasteiger partial charge in [-0.15, -0.1) is 0 Å². The van der Waals surface area contributed by atoms with Gasteiger partial charge in [-0.1, -0.05) is 48.5 Å². The van der Waals surface area contributed by atoms with Gasteiger partial charge >= 0.3 is 6.09 Å². The van der Waals surface area contributed by atoms with Gasteiger partial charge in [0, 0.05) is 19.2 Å². The Morgan fingerprint density at radius 3 is 2.15 bits per heavy atom. The number of nitrogens with zero attached hydrogens (tertiary/aromatic N) is 1. The molecule has 2 unspecified atom stereocenters. The van der Waals surface area contributed by atoms with Crippen molar-refractivity contribution in [1.29, 1.82) is 0 Å². The molecule has 0 aromatic heterocycles. The van der Waals surface area contributed by atoms with Crippen molar-refractivity contribution in [2.75, 3.05) is 12.4 Å². The van der Waals surface area contributed by atoms with E-state index in [4.69, 9.17) is 10.5 Å². The van der Waals surface area contributed by atoms with Gasteiger partial charge in [0.2, 0.25) is 11.8 Å². The van der Waals surface area contributed by atoms with Crippen molar-refractivity contribution in [3.8, 4) is 0 Å². The number of anilines is 1. The lowest BCUT2D eigenvalue weighted by atomic mass is 9.93. The summed E-state index contributed by atoms with van der Waals surface area (Å²) in [5.74, 6) is -1.60. The van der Waals surface area contributed by atoms with Crippen LogP contribution in [0.1, 0.15) is 56.3 Å². The van der Waals surface area contributed by atoms with Crippen LogP contribution < -0.4 is 16.4 Å². The zero-order valence-corrected chi connectivity index (χ0v) is 23.9. The molecular formula is C31H38N4O5. The first-order valence-electron chi connectivity index (χ1n) is 13.2. The molecule has 3 aromatic carbocycles. The number of alkyl carbamates (subject to hydrolysis) is 1. The molecule has 40 heavy (non-hydrogen) atoms. The topological polar surface area (TPSA) is 131 Å². The van der Waals surface area contributed by atoms with Crippen LogP contribution in [-0.4, -0.2) is 47.4 Å². The zero-order chi connectivity index (χ0) is 29.6. The molecule has 4 N–H and O–H groups in total. The summed E-state index contributed by atoms with van der Waals surface area (Å²) in [6.07, 6.45) is -1.01. The van der Waals surface area contributed by atoms with Crippen LogP contribution >= 0.6 is 0 Å². The number of rotatable bonds is 9. The summed E-state index contributed by atoms with van der Waals surface area (Å²) in [7, 11) is 1.51. The van der Waals surface area contributed by atoms with Gasteiger partial charge in [-0.25, -0.2) is 4.79 Å². The molecule has 0 spiro atoms. The molecule has 0 aliphatic carbocycles. The monoisotopic (exact) mass is 546 g/mol. The molecule has 212 valence electrons. The van der Waals surface area contributed by atoms with Crippen molar-refractivity contribution in [3.63, 3.8) is 0 Å². The van der Waals surface area contributed by atoms with E-state index < -0.39 is 41.5 Å². The number of likely N-dealkylation sites (N-methyl/N-ethyl adjacent to an activating group) is 1. The number of benzene rings is 3. The Balaban J connectivity index is 1.97. The predicted octanol–water partition coefficient (Wildman–Crippen LogP) is 4.75. The van der Waals surface area contributed by atoms with Gasteiger partial charge in [0.25, 0.3) is 5.91 Å². The number of hydrogen-bond donors (Lipinski definition) is 3. The molecule has 9 nitrogen and oxygen atoms in total. The van der Waals surface area contributed by atoms with Crippen LogP contribution in [0.3, 0.4) is 0 Å². The minimum absolute atomic E-state index is 0.0521. The molecule has 3 aromatic rings. The van der Waals surface area contributed by atoms with Crippen molar-refractivity contribution < 1.29 is 23.9 Å². The first-order chi connectivity index (χ1) is 18.8. The van der Waals surface area contributed by atoms with Gasteiger partial charge in [0.15, 0.2) is 0 Å². The Labute approximate surface area is 235 Å². The number of carbonyl (C=O) groups excluding carboxylic acids is 4. The predicted molar refractivity (Wildman–Crippen MR) is 156 cm³/mol. The first-order valence-corrected chi connectivity index (χ1v) is 13.2. The summed E-state index contributed by atoms with van der Waals surface area (Å²) in [5.41, 5.74) is 7.45. The average molecular weight is 547 g/mol. The van der Waals surface area contributed by atoms with Gasteiger partial charge in [-0.05, 0) is 80.6 Å². The lowest BCUT2D eigenvalue weighted by molar-refractivity contribution is -0.139. The standard InChI is InChI=1S/C31H38N4O5/c1-19-10-9-11-20(2)26(19)27(28(37)33-23-15-14-21-12-7-8-13-22(21)18-23)35(6)29(38)24(16-17-25(32)36)34-30(39)40-31(3,4)5/h7-15,18,24,27H,16-17H2,1-6H3,(H2,32,36)(H,33,37)(H,34,39). The van der Waals surface area contributed by atoms with E-state index in [-0.39, 0.29) is 12.8 Å². The van der Waals surface area contributed by atoms with Gasteiger partial charge in [0.05, 0.1) is 0 Å². The normalized spacial score (nSPS) is 12.8. The van der Waals surface area contributed by atoms with Gasteiger partial charge in [-0.3, -0.25) is 14.4 Å². The average Bonchev–Trinajstić information content (AvgIpc) is 2.86. The minimum Gasteiger partial charge on any atom is -0.444 e. The summed E-state index contributed by atoms with van der Waals surface area (Å²) in [6, 6.07) is 16.9. The van der Waals surface area contributed by atoms with E-state index in [1.165, 1.54) is 11.9 Å². The van der Waals surface area contributed by atoms with Crippen LogP contribution in [0.25, 0.3) is 10.8 Å². The third-order valence-corrected chi connectivity index (χ3v) is 6.48. The summed E-state index contributed by atoms with van der Waals surface area (Å²) in [4.78, 5) is 53.2. The lowest BCUT2D eigenvalue weighted by Crippen LogP contribution is -2.51. The molecule has 0 fully saturated rings. The molecule has 0 radical (unpaired) electrons. The van der Waals surface area contributed by atoms with E-state index in [1.54, 1.807) is 20.8 Å². The van der Waals surface area contributed by atoms with Crippen LogP contribution in [0, 0.1) is 13.8 Å². The molecule has 9 heteroatoms. The Bertz CT molecular complexity index is 1390. The zero-order valence-electron chi connectivity index (χ0n) is 23.9. The molecule has 0 heterocycles. The second-order valence-corrected chi connectivity index (χ2v) is 10.9. The highest BCUT2D eigenvalue weighted by molar-refractivity contribution is 6.00. The maximum Gasteiger partial charge on any atom is 0.408 e. The maximum atomic E-state index is 13.9. The van der Waals surface area contributed by atoms with Crippen molar-refractivity contribution >= 4 is 40.3 Å². The molecule has 0 aliphatic heterocycles. The van der Waals surface area contributed by atoms with Gasteiger partial charge < -0.3 is 26.0 Å². The Kier molecular flexibility index (Phi) is 9.52. The highest BCUT2D eigenvalue weighted by atomic mass is 16.6. The largest absolute Gasteiger partial charge is 0.444 e. The fourth-order valence-corrected chi connectivity index (χ4v) is 4.60. The summed E-state index contributed by atoms with van der Waals surface area (Å²) < 4.78 is 5.33. The number of fused-ring (bicyclic) bond motifs is 1. The van der Waals surface area contributed by atoms with Crippen molar-refractivity contribution in [1.82, 2.24) is 10.2 Å². The van der Waals surface area contributed by atoms with Crippen molar-refractivity contribution in [2.24, 2.45) is 5.73 Å². The molecule has 0 saturated carbocycles. The SMILES string of the molecule is Cc1cccc(C)c1C(C(=O)Nc1ccc2ccccc2c1)N(C)C(=O)C(CCC(N)=O)NC(=O)OC(C)(C)C. The van der Waals surface area contributed by atoms with Crippen LogP contribution in [0.2, 0.25) is 0 Å². The Morgan fingerprint density at radius 2 is 1.55 bits per heavy atom. The summed E-state index contributed by atoms with van der Waals surface area (Å²) >= 11 is 0. The number of nitrogens with one attached hydrogen (secondary N) is 2. The quantitative estimate of drug-likeness (QED) is 0.356. The third-order valence-electron chi connectivity index (χ3n) is 6.48. The highest BCUT2D eigenvalue weighted by Gasteiger charge is 2.35. The first kappa shape index (κ1) is 30.1. The fourth-order valence-electron chi connectivity index (χ4n) is 4.60. The highest BCUT2D eigenvalue weighted by Crippen LogP contribution is 2.29. The van der Waals surface area contributed by atoms with Gasteiger partial charge in [-0.2, -0.15) is 0 Å². The van der Waals surface area contributed by atoms with E-state index in [2.05, 4.69) is 10.6 Å². The number of primary amides is 1. The van der Waals surface area contributed by atoms with Gasteiger partial charge in [0.1, 0.15) is 17.7 Å². The van der Waals surface area contributed by atoms with E-state index in [1.807, 2.05) is 74.5 Å². The number of nitrogens with two attached hydrogens (primary N) is 1. The lowest BCUT2D eigenvalue weighted by Gasteiger charge is -2.33. The summed E-state index contributed by atoms with van der Waals surface area (Å²) in [5, 5.41) is 7.52. The molecule has 3 rings (SSSR count). The number of carbonyl (C=O) groups is 4. The second-order valence-electron chi connectivity index (χ2n) is 10.9. The Hall–Kier alpha value is -4.40. The minimum atomic E-state index is -1.15. The van der Waals surface area contributed by atoms with E-state index in [0.717, 1.165) is 21.9 Å². The van der Waals surface area contributed by atoms with E-state index in [0.29, 0.717) is 11.3 Å². The molecule has 2 atom stereocenters. The second kappa shape index (κ2) is 12.6. The molecule has 0 bridgehead atoms. The molecule has 0 aliphatic rings. The van der Waals surface area contributed by atoms with E-state index >= 15 is 0 Å². The molecule has 4 amide bonds.